The summed E-state index contributed by atoms with van der Waals surface area (Å²) in [6, 6.07) is 7.23. The summed E-state index contributed by atoms with van der Waals surface area (Å²) in [7, 11) is 4.19. The van der Waals surface area contributed by atoms with E-state index in [0.717, 1.165) is 25.9 Å². The monoisotopic (exact) mass is 492 g/mol. The van der Waals surface area contributed by atoms with Gasteiger partial charge in [-0.3, -0.25) is 4.79 Å². The molecule has 5 heteroatoms. The van der Waals surface area contributed by atoms with Gasteiger partial charge < -0.3 is 10.2 Å². The molecule has 1 N–H and O–H groups in total. The summed E-state index contributed by atoms with van der Waals surface area (Å²) >= 11 is 3.93. The molecule has 3 nitrogen and oxygen atoms in total. The van der Waals surface area contributed by atoms with E-state index in [0.29, 0.717) is 16.3 Å². The second kappa shape index (κ2) is 12.9. The molecule has 0 saturated heterocycles. The topological polar surface area (TPSA) is 32.3 Å². The van der Waals surface area contributed by atoms with Gasteiger partial charge in [-0.05, 0) is 80.4 Å². The largest absolute Gasteiger partial charge is 0.355 e. The van der Waals surface area contributed by atoms with E-state index in [1.807, 2.05) is 11.8 Å². The van der Waals surface area contributed by atoms with Crippen LogP contribution in [0.15, 0.2) is 23.1 Å². The van der Waals surface area contributed by atoms with E-state index in [-0.39, 0.29) is 16.7 Å². The standard InChI is InChI=1S/C28H48N2OS2/c1-27(2,3)21-17-22(28(4,5)6)19-23(18-21)33-25-14-10-9-13-24(25)32-20-26(31)29-15-11-12-16-30(7)8/h17-19,24-25H,9-16,20H2,1-8H3,(H,29,31). The maximum Gasteiger partial charge on any atom is 0.230 e. The Morgan fingerprint density at radius 2 is 1.52 bits per heavy atom. The fourth-order valence-electron chi connectivity index (χ4n) is 4.11. The first-order chi connectivity index (χ1) is 15.4. The average Bonchev–Trinajstić information content (AvgIpc) is 2.71. The summed E-state index contributed by atoms with van der Waals surface area (Å²) in [6.07, 6.45) is 7.25. The van der Waals surface area contributed by atoms with E-state index in [1.165, 1.54) is 41.7 Å². The molecule has 0 spiro atoms. The lowest BCUT2D eigenvalue weighted by Crippen LogP contribution is -2.30. The van der Waals surface area contributed by atoms with Crippen molar-refractivity contribution in [3.8, 4) is 0 Å². The Morgan fingerprint density at radius 1 is 0.939 bits per heavy atom. The predicted molar refractivity (Wildman–Crippen MR) is 149 cm³/mol. The minimum atomic E-state index is 0.141. The Balaban J connectivity index is 1.98. The third-order valence-corrected chi connectivity index (χ3v) is 9.32. The van der Waals surface area contributed by atoms with Crippen LogP contribution in [-0.4, -0.2) is 54.2 Å². The molecule has 1 fully saturated rings. The van der Waals surface area contributed by atoms with E-state index >= 15 is 0 Å². The molecule has 0 radical (unpaired) electrons. The normalized spacial score (nSPS) is 19.7. The lowest BCUT2D eigenvalue weighted by atomic mass is 9.81. The molecule has 0 bridgehead atoms. The molecular formula is C28H48N2OS2. The maximum atomic E-state index is 12.4. The second-order valence-corrected chi connectivity index (χ2v) is 14.4. The highest BCUT2D eigenvalue weighted by Crippen LogP contribution is 2.41. The lowest BCUT2D eigenvalue weighted by Gasteiger charge is -2.32. The van der Waals surface area contributed by atoms with Crippen LogP contribution in [-0.2, 0) is 15.6 Å². The zero-order valence-corrected chi connectivity index (χ0v) is 24.1. The summed E-state index contributed by atoms with van der Waals surface area (Å²) in [5.41, 5.74) is 3.13. The van der Waals surface area contributed by atoms with Crippen LogP contribution in [0.25, 0.3) is 0 Å². The Labute approximate surface area is 212 Å². The van der Waals surface area contributed by atoms with Gasteiger partial charge in [-0.2, -0.15) is 0 Å². The summed E-state index contributed by atoms with van der Waals surface area (Å²) < 4.78 is 0. The van der Waals surface area contributed by atoms with Gasteiger partial charge in [-0.25, -0.2) is 0 Å². The molecule has 2 atom stereocenters. The summed E-state index contributed by atoms with van der Waals surface area (Å²) in [5.74, 6) is 0.786. The van der Waals surface area contributed by atoms with Crippen molar-refractivity contribution in [1.82, 2.24) is 10.2 Å². The van der Waals surface area contributed by atoms with Crippen LogP contribution in [0.5, 0.6) is 0 Å². The third-order valence-electron chi connectivity index (χ3n) is 6.35. The number of carbonyl (C=O) groups excluding carboxylic acids is 1. The molecule has 2 unspecified atom stereocenters. The van der Waals surface area contributed by atoms with Crippen LogP contribution in [0.3, 0.4) is 0 Å². The highest BCUT2D eigenvalue weighted by molar-refractivity contribution is 8.04. The molecule has 1 aliphatic rings. The van der Waals surface area contributed by atoms with Crippen molar-refractivity contribution in [3.05, 3.63) is 29.3 Å². The van der Waals surface area contributed by atoms with E-state index < -0.39 is 0 Å². The zero-order chi connectivity index (χ0) is 24.6. The Hall–Kier alpha value is -0.650. The van der Waals surface area contributed by atoms with Gasteiger partial charge in [0.2, 0.25) is 5.91 Å². The molecule has 33 heavy (non-hydrogen) atoms. The van der Waals surface area contributed by atoms with Crippen molar-refractivity contribution in [1.29, 1.82) is 0 Å². The quantitative estimate of drug-likeness (QED) is 0.361. The minimum Gasteiger partial charge on any atom is -0.355 e. The molecule has 0 heterocycles. The van der Waals surface area contributed by atoms with Crippen molar-refractivity contribution in [2.75, 3.05) is 32.9 Å². The Morgan fingerprint density at radius 3 is 2.06 bits per heavy atom. The summed E-state index contributed by atoms with van der Waals surface area (Å²) in [6.45, 7) is 15.7. The fraction of sp³-hybridized carbons (Fsp3) is 0.750. The van der Waals surface area contributed by atoms with E-state index in [9.17, 15) is 4.79 Å². The van der Waals surface area contributed by atoms with Crippen LogP contribution in [0.4, 0.5) is 0 Å². The number of carbonyl (C=O) groups is 1. The molecule has 1 amide bonds. The lowest BCUT2D eigenvalue weighted by molar-refractivity contribution is -0.118. The van der Waals surface area contributed by atoms with Crippen LogP contribution in [0.2, 0.25) is 0 Å². The third kappa shape index (κ3) is 10.2. The Kier molecular flexibility index (Phi) is 11.2. The van der Waals surface area contributed by atoms with Gasteiger partial charge in [-0.1, -0.05) is 60.5 Å². The number of nitrogens with one attached hydrogen (secondary N) is 1. The van der Waals surface area contributed by atoms with E-state index in [1.54, 1.807) is 0 Å². The number of thioether (sulfide) groups is 2. The summed E-state index contributed by atoms with van der Waals surface area (Å²) in [5, 5.41) is 4.26. The van der Waals surface area contributed by atoms with Gasteiger partial charge in [0.25, 0.3) is 0 Å². The molecular weight excluding hydrogens is 444 g/mol. The summed E-state index contributed by atoms with van der Waals surface area (Å²) in [4.78, 5) is 16.0. The second-order valence-electron chi connectivity index (χ2n) is 11.9. The number of benzene rings is 1. The first-order valence-corrected chi connectivity index (χ1v) is 14.6. The van der Waals surface area contributed by atoms with Crippen molar-refractivity contribution in [2.45, 2.75) is 106 Å². The number of hydrogen-bond acceptors (Lipinski definition) is 4. The van der Waals surface area contributed by atoms with Gasteiger partial charge >= 0.3 is 0 Å². The SMILES string of the molecule is CN(C)CCCCNC(=O)CSC1CCCCC1Sc1cc(C(C)(C)C)cc(C(C)(C)C)c1. The predicted octanol–water partition coefficient (Wildman–Crippen LogP) is 6.88. The molecule has 1 aromatic rings. The number of unbranched alkanes of at least 4 members (excludes halogenated alkanes) is 1. The molecule has 0 aromatic heterocycles. The highest BCUT2D eigenvalue weighted by atomic mass is 32.2. The molecule has 1 aromatic carbocycles. The van der Waals surface area contributed by atoms with Crippen molar-refractivity contribution < 1.29 is 4.79 Å². The molecule has 1 saturated carbocycles. The average molecular weight is 493 g/mol. The fourth-order valence-corrected chi connectivity index (χ4v) is 6.98. The van der Waals surface area contributed by atoms with E-state index in [4.69, 9.17) is 0 Å². The van der Waals surface area contributed by atoms with Gasteiger partial charge in [0.1, 0.15) is 0 Å². The van der Waals surface area contributed by atoms with Crippen molar-refractivity contribution in [3.63, 3.8) is 0 Å². The first-order valence-electron chi connectivity index (χ1n) is 12.7. The first kappa shape index (κ1) is 28.6. The highest BCUT2D eigenvalue weighted by Gasteiger charge is 2.28. The smallest absolute Gasteiger partial charge is 0.230 e. The van der Waals surface area contributed by atoms with Gasteiger partial charge in [-0.15, -0.1) is 23.5 Å². The zero-order valence-electron chi connectivity index (χ0n) is 22.4. The molecule has 1 aliphatic carbocycles. The number of rotatable bonds is 10. The maximum absolute atomic E-state index is 12.4. The molecule has 2 rings (SSSR count). The van der Waals surface area contributed by atoms with Crippen LogP contribution in [0, 0.1) is 0 Å². The van der Waals surface area contributed by atoms with Crippen molar-refractivity contribution >= 4 is 29.4 Å². The van der Waals surface area contributed by atoms with Crippen LogP contribution in [0.1, 0.15) is 91.2 Å². The minimum absolute atomic E-state index is 0.141. The molecule has 188 valence electrons. The van der Waals surface area contributed by atoms with Crippen molar-refractivity contribution in [2.24, 2.45) is 0 Å². The van der Waals surface area contributed by atoms with E-state index in [2.05, 4.69) is 95.8 Å². The number of nitrogens with zero attached hydrogens (tertiary/aromatic N) is 1. The molecule has 0 aliphatic heterocycles. The number of hydrogen-bond donors (Lipinski definition) is 1. The van der Waals surface area contributed by atoms with Gasteiger partial charge in [0, 0.05) is 21.9 Å². The van der Waals surface area contributed by atoms with Crippen LogP contribution >= 0.6 is 23.5 Å². The number of amides is 1. The Bertz CT molecular complexity index is 717. The van der Waals surface area contributed by atoms with Gasteiger partial charge in [0.05, 0.1) is 5.75 Å². The van der Waals surface area contributed by atoms with Crippen LogP contribution < -0.4 is 5.32 Å². The van der Waals surface area contributed by atoms with Gasteiger partial charge in [0.15, 0.2) is 0 Å².